The van der Waals surface area contributed by atoms with E-state index in [4.69, 9.17) is 0 Å². The molecule has 2 fully saturated rings. The number of anilines is 1. The lowest BCUT2D eigenvalue weighted by atomic mass is 9.48. The molecule has 0 radical (unpaired) electrons. The van der Waals surface area contributed by atoms with E-state index in [1.807, 2.05) is 10.9 Å². The molecule has 2 heterocycles. The SMILES string of the molecule is C[C@]12CCC(O)CC1=CC[C@H]1C3Cc4cnn(-c5ccc(F)cc5)c4N[C@@]3(C)CC[C@@H]12. The van der Waals surface area contributed by atoms with E-state index >= 15 is 0 Å². The van der Waals surface area contributed by atoms with Crippen LogP contribution in [-0.2, 0) is 6.42 Å². The van der Waals surface area contributed by atoms with E-state index in [-0.39, 0.29) is 22.9 Å². The van der Waals surface area contributed by atoms with Crippen LogP contribution in [-0.4, -0.2) is 26.5 Å². The van der Waals surface area contributed by atoms with E-state index < -0.39 is 0 Å². The minimum atomic E-state index is -0.225. The first-order chi connectivity index (χ1) is 14.9. The number of rotatable bonds is 1. The van der Waals surface area contributed by atoms with Crippen molar-refractivity contribution in [3.8, 4) is 5.69 Å². The standard InChI is InChI=1S/C26H32FN3O/c1-25-11-9-20(31)14-17(25)3-8-21-22(25)10-12-26(2)23(21)13-16-15-28-30(24(16)29-26)19-6-4-18(27)5-7-19/h3-7,15,20-23,29,31H,8-14H2,1-2H3/t20?,21-,22+,23?,25+,26+/m1/s1. The third-order valence-electron chi connectivity index (χ3n) is 9.23. The van der Waals surface area contributed by atoms with Crippen LogP contribution in [0, 0.1) is 29.0 Å². The number of allylic oxidation sites excluding steroid dienone is 1. The molecule has 6 rings (SSSR count). The lowest BCUT2D eigenvalue weighted by Gasteiger charge is -2.59. The highest BCUT2D eigenvalue weighted by Gasteiger charge is 2.56. The number of halogens is 1. The van der Waals surface area contributed by atoms with Gasteiger partial charge >= 0.3 is 0 Å². The molecular weight excluding hydrogens is 389 g/mol. The highest BCUT2D eigenvalue weighted by Crippen LogP contribution is 2.61. The average Bonchev–Trinajstić information content (AvgIpc) is 3.15. The van der Waals surface area contributed by atoms with Gasteiger partial charge < -0.3 is 10.4 Å². The maximum absolute atomic E-state index is 13.4. The van der Waals surface area contributed by atoms with E-state index in [0.717, 1.165) is 50.0 Å². The van der Waals surface area contributed by atoms with Crippen LogP contribution in [0.4, 0.5) is 10.2 Å². The largest absolute Gasteiger partial charge is 0.393 e. The number of benzene rings is 1. The monoisotopic (exact) mass is 421 g/mol. The molecule has 164 valence electrons. The molecule has 0 spiro atoms. The van der Waals surface area contributed by atoms with Crippen LogP contribution in [0.2, 0.25) is 0 Å². The Hall–Kier alpha value is -2.14. The first-order valence-corrected chi connectivity index (χ1v) is 11.9. The van der Waals surface area contributed by atoms with Gasteiger partial charge in [0, 0.05) is 11.1 Å². The van der Waals surface area contributed by atoms with Gasteiger partial charge in [0.15, 0.2) is 0 Å². The predicted molar refractivity (Wildman–Crippen MR) is 120 cm³/mol. The number of nitrogens with zero attached hydrogens (tertiary/aromatic N) is 2. The molecule has 1 aromatic heterocycles. The topological polar surface area (TPSA) is 50.1 Å². The Balaban J connectivity index is 1.34. The van der Waals surface area contributed by atoms with Crippen molar-refractivity contribution in [1.82, 2.24) is 9.78 Å². The van der Waals surface area contributed by atoms with Crippen molar-refractivity contribution in [2.75, 3.05) is 5.32 Å². The summed E-state index contributed by atoms with van der Waals surface area (Å²) in [5.41, 5.74) is 3.98. The molecule has 3 aliphatic carbocycles. The second-order valence-electron chi connectivity index (χ2n) is 10.8. The third-order valence-corrected chi connectivity index (χ3v) is 9.23. The van der Waals surface area contributed by atoms with E-state index in [1.165, 1.54) is 29.7 Å². The molecule has 0 bridgehead atoms. The maximum atomic E-state index is 13.4. The first kappa shape index (κ1) is 19.5. The fourth-order valence-corrected chi connectivity index (χ4v) is 7.44. The molecule has 2 unspecified atom stereocenters. The van der Waals surface area contributed by atoms with Crippen molar-refractivity contribution < 1.29 is 9.50 Å². The first-order valence-electron chi connectivity index (χ1n) is 11.9. The van der Waals surface area contributed by atoms with Crippen LogP contribution in [0.1, 0.15) is 57.9 Å². The van der Waals surface area contributed by atoms with Crippen LogP contribution in [0.3, 0.4) is 0 Å². The van der Waals surface area contributed by atoms with E-state index in [0.29, 0.717) is 17.8 Å². The summed E-state index contributed by atoms with van der Waals surface area (Å²) in [6, 6.07) is 6.58. The summed E-state index contributed by atoms with van der Waals surface area (Å²) in [6.45, 7) is 4.86. The van der Waals surface area contributed by atoms with Gasteiger partial charge in [0.2, 0.25) is 0 Å². The molecule has 1 aromatic carbocycles. The van der Waals surface area contributed by atoms with Gasteiger partial charge in [0.05, 0.1) is 18.0 Å². The zero-order chi connectivity index (χ0) is 21.4. The lowest BCUT2D eigenvalue weighted by molar-refractivity contribution is -0.0162. The molecule has 6 atom stereocenters. The second kappa shape index (κ2) is 6.68. The summed E-state index contributed by atoms with van der Waals surface area (Å²) in [5.74, 6) is 2.79. The number of aliphatic hydroxyl groups is 1. The van der Waals surface area contributed by atoms with Gasteiger partial charge in [-0.25, -0.2) is 9.07 Å². The van der Waals surface area contributed by atoms with Gasteiger partial charge in [-0.1, -0.05) is 18.6 Å². The van der Waals surface area contributed by atoms with Crippen molar-refractivity contribution in [1.29, 1.82) is 0 Å². The lowest BCUT2D eigenvalue weighted by Crippen LogP contribution is -2.58. The quantitative estimate of drug-likeness (QED) is 0.618. The number of fused-ring (bicyclic) bond motifs is 6. The average molecular weight is 422 g/mol. The maximum Gasteiger partial charge on any atom is 0.133 e. The Morgan fingerprint density at radius 1 is 1.10 bits per heavy atom. The Labute approximate surface area is 183 Å². The van der Waals surface area contributed by atoms with Crippen LogP contribution in [0.5, 0.6) is 0 Å². The van der Waals surface area contributed by atoms with Crippen LogP contribution in [0.15, 0.2) is 42.1 Å². The van der Waals surface area contributed by atoms with Crippen molar-refractivity contribution in [3.05, 3.63) is 53.5 Å². The van der Waals surface area contributed by atoms with Crippen molar-refractivity contribution in [2.45, 2.75) is 70.4 Å². The highest BCUT2D eigenvalue weighted by molar-refractivity contribution is 5.55. The van der Waals surface area contributed by atoms with Crippen molar-refractivity contribution in [3.63, 3.8) is 0 Å². The molecule has 2 aromatic rings. The Bertz CT molecular complexity index is 1040. The fraction of sp³-hybridized carbons (Fsp3) is 0.577. The van der Waals surface area contributed by atoms with Gasteiger partial charge in [-0.3, -0.25) is 0 Å². The Kier molecular flexibility index (Phi) is 4.21. The van der Waals surface area contributed by atoms with Gasteiger partial charge in [-0.2, -0.15) is 5.10 Å². The summed E-state index contributed by atoms with van der Waals surface area (Å²) >= 11 is 0. The molecule has 0 saturated heterocycles. The van der Waals surface area contributed by atoms with E-state index in [1.54, 1.807) is 12.1 Å². The molecule has 5 heteroatoms. The molecule has 1 aliphatic heterocycles. The summed E-state index contributed by atoms with van der Waals surface area (Å²) < 4.78 is 15.3. The number of hydrogen-bond acceptors (Lipinski definition) is 3. The van der Waals surface area contributed by atoms with Gasteiger partial charge in [0.25, 0.3) is 0 Å². The second-order valence-corrected chi connectivity index (χ2v) is 10.8. The zero-order valence-electron chi connectivity index (χ0n) is 18.4. The number of aromatic nitrogens is 2. The zero-order valence-corrected chi connectivity index (χ0v) is 18.4. The summed E-state index contributed by atoms with van der Waals surface area (Å²) in [6.07, 6.45) is 11.8. The molecule has 2 saturated carbocycles. The molecule has 0 amide bonds. The van der Waals surface area contributed by atoms with Crippen molar-refractivity contribution >= 4 is 5.82 Å². The van der Waals surface area contributed by atoms with E-state index in [2.05, 4.69) is 30.3 Å². The number of hydrogen-bond donors (Lipinski definition) is 2. The van der Waals surface area contributed by atoms with Crippen LogP contribution < -0.4 is 5.32 Å². The Morgan fingerprint density at radius 2 is 1.90 bits per heavy atom. The van der Waals surface area contributed by atoms with E-state index in [9.17, 15) is 9.50 Å². The molecular formula is C26H32FN3O. The minimum Gasteiger partial charge on any atom is -0.393 e. The summed E-state index contributed by atoms with van der Waals surface area (Å²) in [4.78, 5) is 0. The number of nitrogens with one attached hydrogen (secondary N) is 1. The molecule has 4 aliphatic rings. The number of aliphatic hydroxyl groups excluding tert-OH is 1. The summed E-state index contributed by atoms with van der Waals surface area (Å²) in [7, 11) is 0. The van der Waals surface area contributed by atoms with Gasteiger partial charge in [0.1, 0.15) is 11.6 Å². The van der Waals surface area contributed by atoms with Crippen molar-refractivity contribution in [2.24, 2.45) is 23.2 Å². The van der Waals surface area contributed by atoms with Gasteiger partial charge in [-0.15, -0.1) is 0 Å². The molecule has 31 heavy (non-hydrogen) atoms. The third kappa shape index (κ3) is 2.85. The molecule has 2 N–H and O–H groups in total. The van der Waals surface area contributed by atoms with Gasteiger partial charge in [-0.05, 0) is 99.3 Å². The van der Waals surface area contributed by atoms with Crippen LogP contribution >= 0.6 is 0 Å². The fourth-order valence-electron chi connectivity index (χ4n) is 7.44. The smallest absolute Gasteiger partial charge is 0.133 e. The highest BCUT2D eigenvalue weighted by atomic mass is 19.1. The molecule has 4 nitrogen and oxygen atoms in total. The van der Waals surface area contributed by atoms with Crippen LogP contribution in [0.25, 0.3) is 5.69 Å². The predicted octanol–water partition coefficient (Wildman–Crippen LogP) is 5.26. The minimum absolute atomic E-state index is 0.0435. The Morgan fingerprint density at radius 3 is 2.71 bits per heavy atom. The normalized spacial score (nSPS) is 38.8. The summed E-state index contributed by atoms with van der Waals surface area (Å²) in [5, 5.41) is 18.8.